The minimum absolute atomic E-state index is 0.565. The molecule has 11 aromatic rings. The van der Waals surface area contributed by atoms with Gasteiger partial charge in [-0.1, -0.05) is 194 Å². The van der Waals surface area contributed by atoms with E-state index in [1.165, 1.54) is 0 Å². The molecule has 0 radical (unpaired) electrons. The summed E-state index contributed by atoms with van der Waals surface area (Å²) >= 11 is 0. The maximum atomic E-state index is 5.67. The molecule has 0 amide bonds. The largest absolute Gasteiger partial charge is 0.247 e. The Balaban J connectivity index is 1.24. The van der Waals surface area contributed by atoms with E-state index in [0.717, 1.165) is 94.3 Å². The Labute approximate surface area is 346 Å². The quantitative estimate of drug-likeness (QED) is 0.150. The molecule has 0 fully saturated rings. The Hall–Kier alpha value is -8.22. The second-order valence-corrected chi connectivity index (χ2v) is 14.7. The highest BCUT2D eigenvalue weighted by atomic mass is 15.0. The highest BCUT2D eigenvalue weighted by Crippen LogP contribution is 2.43. The molecule has 280 valence electrons. The van der Waals surface area contributed by atoms with Crippen LogP contribution in [0, 0.1) is 0 Å². The second-order valence-electron chi connectivity index (χ2n) is 14.7. The summed E-state index contributed by atoms with van der Waals surface area (Å²) in [6.45, 7) is 0. The van der Waals surface area contributed by atoms with E-state index in [9.17, 15) is 0 Å². The monoisotopic (exact) mass is 766 g/mol. The second kappa shape index (κ2) is 14.9. The van der Waals surface area contributed by atoms with Crippen LogP contribution in [0.2, 0.25) is 0 Å². The average Bonchev–Trinajstić information content (AvgIpc) is 3.34. The van der Waals surface area contributed by atoms with Gasteiger partial charge in [-0.2, -0.15) is 0 Å². The van der Waals surface area contributed by atoms with Crippen molar-refractivity contribution in [3.8, 4) is 79.1 Å². The zero-order chi connectivity index (χ0) is 39.8. The number of benzene rings is 8. The van der Waals surface area contributed by atoms with Crippen LogP contribution in [0.5, 0.6) is 0 Å². The predicted octanol–water partition coefficient (Wildman–Crippen LogP) is 13.2. The lowest BCUT2D eigenvalue weighted by Gasteiger charge is -2.18. The van der Waals surface area contributed by atoms with E-state index in [2.05, 4.69) is 121 Å². The van der Waals surface area contributed by atoms with Gasteiger partial charge in [-0.25, -0.2) is 29.9 Å². The number of nitrogens with zero attached hydrogens (tertiary/aromatic N) is 6. The zero-order valence-electron chi connectivity index (χ0n) is 32.3. The molecule has 6 heteroatoms. The van der Waals surface area contributed by atoms with Crippen molar-refractivity contribution in [2.24, 2.45) is 0 Å². The van der Waals surface area contributed by atoms with Gasteiger partial charge in [0.2, 0.25) is 0 Å². The van der Waals surface area contributed by atoms with E-state index in [1.54, 1.807) is 0 Å². The van der Waals surface area contributed by atoms with Gasteiger partial charge in [-0.05, 0) is 17.7 Å². The number of pyridine rings is 1. The molecule has 0 N–H and O–H groups in total. The Kier molecular flexibility index (Phi) is 8.71. The summed E-state index contributed by atoms with van der Waals surface area (Å²) in [5, 5.41) is 2.93. The van der Waals surface area contributed by atoms with Crippen molar-refractivity contribution < 1.29 is 0 Å². The van der Waals surface area contributed by atoms with Gasteiger partial charge in [0.25, 0.3) is 0 Å². The van der Waals surface area contributed by atoms with Gasteiger partial charge >= 0.3 is 0 Å². The number of fused-ring (bicyclic) bond motifs is 5. The molecule has 8 aromatic carbocycles. The van der Waals surface area contributed by atoms with E-state index in [-0.39, 0.29) is 0 Å². The van der Waals surface area contributed by atoms with Crippen molar-refractivity contribution in [2.45, 2.75) is 0 Å². The fourth-order valence-corrected chi connectivity index (χ4v) is 8.01. The molecule has 0 aliphatic carbocycles. The number of aromatic nitrogens is 6. The summed E-state index contributed by atoms with van der Waals surface area (Å²) in [6.07, 6.45) is 0. The SMILES string of the molecule is c1ccc(-c2nc(-c3ccccc3)nc(-c3ccc4c(c3)nc(-c3ccccc3)c3cc(-c5ccccc5)c5nc(-c6ccccc6)c(-c6ccccc6)nc5c34)n2)cc1. The third kappa shape index (κ3) is 6.33. The fourth-order valence-electron chi connectivity index (χ4n) is 8.01. The first-order valence-corrected chi connectivity index (χ1v) is 20.0. The van der Waals surface area contributed by atoms with Crippen LogP contribution in [0.25, 0.3) is 112 Å². The molecule has 0 bridgehead atoms. The molecule has 6 nitrogen and oxygen atoms in total. The lowest BCUT2D eigenvalue weighted by molar-refractivity contribution is 1.07. The van der Waals surface area contributed by atoms with Crippen LogP contribution in [0.1, 0.15) is 0 Å². The van der Waals surface area contributed by atoms with Crippen molar-refractivity contribution in [1.82, 2.24) is 29.9 Å². The number of hydrogen-bond donors (Lipinski definition) is 0. The lowest BCUT2D eigenvalue weighted by Crippen LogP contribution is -2.01. The Bertz CT molecular complexity index is 3270. The standard InChI is InChI=1S/C54H34N6/c1-7-19-35(20-8-1)43-34-44-46(51-50(43)56-48(37-23-11-3-12-24-37)49(57-51)38-25-13-4-14-26-38)42-32-31-41(33-45(42)55-47(44)36-21-9-2-10-22-36)54-59-52(39-27-15-5-16-28-39)58-53(60-54)40-29-17-6-18-30-40/h1-34H. The van der Waals surface area contributed by atoms with E-state index >= 15 is 0 Å². The summed E-state index contributed by atoms with van der Waals surface area (Å²) in [4.78, 5) is 31.8. The highest BCUT2D eigenvalue weighted by Gasteiger charge is 2.23. The van der Waals surface area contributed by atoms with Crippen LogP contribution < -0.4 is 0 Å². The van der Waals surface area contributed by atoms with Gasteiger partial charge in [0.1, 0.15) is 0 Å². The zero-order valence-corrected chi connectivity index (χ0v) is 32.3. The normalized spacial score (nSPS) is 11.3. The third-order valence-corrected chi connectivity index (χ3v) is 10.9. The maximum absolute atomic E-state index is 5.67. The fraction of sp³-hybridized carbons (Fsp3) is 0. The van der Waals surface area contributed by atoms with Crippen LogP contribution in [-0.2, 0) is 0 Å². The summed E-state index contributed by atoms with van der Waals surface area (Å²) in [5.74, 6) is 1.78. The number of rotatable bonds is 7. The smallest absolute Gasteiger partial charge is 0.164 e. The first-order valence-electron chi connectivity index (χ1n) is 20.0. The summed E-state index contributed by atoms with van der Waals surface area (Å²) in [5.41, 5.74) is 12.6. The molecule has 0 unspecified atom stereocenters. The molecule has 0 saturated heterocycles. The summed E-state index contributed by atoms with van der Waals surface area (Å²) in [6, 6.07) is 70.2. The molecule has 0 spiro atoms. The van der Waals surface area contributed by atoms with Crippen LogP contribution in [0.15, 0.2) is 206 Å². The van der Waals surface area contributed by atoms with Gasteiger partial charge in [0.05, 0.1) is 33.6 Å². The molecule has 0 aliphatic heterocycles. The highest BCUT2D eigenvalue weighted by molar-refractivity contribution is 6.24. The predicted molar refractivity (Wildman–Crippen MR) is 244 cm³/mol. The van der Waals surface area contributed by atoms with Crippen molar-refractivity contribution in [3.63, 3.8) is 0 Å². The van der Waals surface area contributed by atoms with E-state index in [4.69, 9.17) is 29.9 Å². The van der Waals surface area contributed by atoms with Gasteiger partial charge < -0.3 is 0 Å². The Morgan fingerprint density at radius 1 is 0.250 bits per heavy atom. The first-order chi connectivity index (χ1) is 29.7. The van der Waals surface area contributed by atoms with Gasteiger partial charge in [0, 0.05) is 55.1 Å². The topological polar surface area (TPSA) is 77.3 Å². The van der Waals surface area contributed by atoms with E-state index < -0.39 is 0 Å². The van der Waals surface area contributed by atoms with Gasteiger partial charge in [0.15, 0.2) is 17.5 Å². The number of hydrogen-bond acceptors (Lipinski definition) is 6. The molecule has 3 aromatic heterocycles. The van der Waals surface area contributed by atoms with Crippen molar-refractivity contribution in [1.29, 1.82) is 0 Å². The molecular formula is C54H34N6. The molecule has 11 rings (SSSR count). The molecular weight excluding hydrogens is 733 g/mol. The lowest BCUT2D eigenvalue weighted by atomic mass is 9.92. The van der Waals surface area contributed by atoms with Crippen molar-refractivity contribution >= 4 is 32.7 Å². The molecule has 0 aliphatic rings. The summed E-state index contributed by atoms with van der Waals surface area (Å²) < 4.78 is 0. The van der Waals surface area contributed by atoms with Gasteiger partial charge in [-0.3, -0.25) is 0 Å². The molecule has 60 heavy (non-hydrogen) atoms. The minimum Gasteiger partial charge on any atom is -0.247 e. The first kappa shape index (κ1) is 35.0. The molecule has 0 atom stereocenters. The van der Waals surface area contributed by atoms with E-state index in [0.29, 0.717) is 17.5 Å². The van der Waals surface area contributed by atoms with Crippen LogP contribution in [-0.4, -0.2) is 29.9 Å². The van der Waals surface area contributed by atoms with Crippen LogP contribution >= 0.6 is 0 Å². The maximum Gasteiger partial charge on any atom is 0.164 e. The summed E-state index contributed by atoms with van der Waals surface area (Å²) in [7, 11) is 0. The Morgan fingerprint density at radius 2 is 0.650 bits per heavy atom. The van der Waals surface area contributed by atoms with E-state index in [1.807, 2.05) is 84.9 Å². The minimum atomic E-state index is 0.565. The molecule has 0 saturated carbocycles. The third-order valence-electron chi connectivity index (χ3n) is 10.9. The Morgan fingerprint density at radius 3 is 1.13 bits per heavy atom. The van der Waals surface area contributed by atoms with Gasteiger partial charge in [-0.15, -0.1) is 0 Å². The van der Waals surface area contributed by atoms with Crippen LogP contribution in [0.3, 0.4) is 0 Å². The van der Waals surface area contributed by atoms with Crippen LogP contribution in [0.4, 0.5) is 0 Å². The average molecular weight is 767 g/mol. The molecule has 3 heterocycles. The van der Waals surface area contributed by atoms with Crippen molar-refractivity contribution in [3.05, 3.63) is 206 Å². The van der Waals surface area contributed by atoms with Crippen molar-refractivity contribution in [2.75, 3.05) is 0 Å².